The van der Waals surface area contributed by atoms with Gasteiger partial charge in [-0.2, -0.15) is 5.26 Å². The highest BCUT2D eigenvalue weighted by atomic mass is 32.2. The molecule has 10 nitrogen and oxygen atoms in total. The van der Waals surface area contributed by atoms with Gasteiger partial charge in [-0.3, -0.25) is 9.52 Å². The molecule has 3 aromatic rings. The predicted octanol–water partition coefficient (Wildman–Crippen LogP) is 2.30. The van der Waals surface area contributed by atoms with Gasteiger partial charge in [-0.15, -0.1) is 0 Å². The van der Waals surface area contributed by atoms with E-state index in [2.05, 4.69) is 31.0 Å². The van der Waals surface area contributed by atoms with Gasteiger partial charge >= 0.3 is 0 Å². The second kappa shape index (κ2) is 10.4. The van der Waals surface area contributed by atoms with Crippen LogP contribution in [0.1, 0.15) is 12.5 Å². The molecule has 35 heavy (non-hydrogen) atoms. The number of nitrogens with one attached hydrogen (secondary N) is 2. The molecule has 1 aliphatic rings. The monoisotopic (exact) mass is 491 g/mol. The van der Waals surface area contributed by atoms with Gasteiger partial charge in [-0.1, -0.05) is 6.07 Å². The second-order valence-corrected chi connectivity index (χ2v) is 9.75. The highest BCUT2D eigenvalue weighted by Gasteiger charge is 2.25. The molecule has 0 aliphatic carbocycles. The lowest BCUT2D eigenvalue weighted by Crippen LogP contribution is -2.52. The van der Waals surface area contributed by atoms with Crippen LogP contribution in [0.4, 0.5) is 17.2 Å². The van der Waals surface area contributed by atoms with E-state index in [1.54, 1.807) is 42.5 Å². The van der Waals surface area contributed by atoms with Crippen molar-refractivity contribution in [2.75, 3.05) is 41.1 Å². The maximum Gasteiger partial charge on any atom is 0.263 e. The van der Waals surface area contributed by atoms with Gasteiger partial charge in [0.05, 0.1) is 16.5 Å². The number of anilines is 3. The van der Waals surface area contributed by atoms with Crippen molar-refractivity contribution >= 4 is 33.1 Å². The molecular weight excluding hydrogens is 466 g/mol. The number of sulfonamides is 1. The molecule has 1 unspecified atom stereocenters. The van der Waals surface area contributed by atoms with E-state index in [9.17, 15) is 13.2 Å². The summed E-state index contributed by atoms with van der Waals surface area (Å²) < 4.78 is 27.6. The van der Waals surface area contributed by atoms with Gasteiger partial charge in [0, 0.05) is 43.8 Å². The first kappa shape index (κ1) is 24.0. The molecule has 1 atom stereocenters. The third-order valence-corrected chi connectivity index (χ3v) is 7.04. The Labute approximate surface area is 204 Å². The number of nitriles is 1. The average molecular weight is 492 g/mol. The number of amides is 1. The Morgan fingerprint density at radius 2 is 1.83 bits per heavy atom. The van der Waals surface area contributed by atoms with Gasteiger partial charge in [0.1, 0.15) is 18.2 Å². The molecule has 2 aromatic carbocycles. The molecule has 1 saturated heterocycles. The molecule has 1 amide bonds. The summed E-state index contributed by atoms with van der Waals surface area (Å²) in [5.41, 5.74) is 2.15. The molecule has 0 radical (unpaired) electrons. The maximum absolute atomic E-state index is 12.9. The minimum absolute atomic E-state index is 0.00996. The van der Waals surface area contributed by atoms with Crippen LogP contribution in [0.2, 0.25) is 0 Å². The van der Waals surface area contributed by atoms with Crippen LogP contribution >= 0.6 is 0 Å². The van der Waals surface area contributed by atoms with Gasteiger partial charge < -0.3 is 15.1 Å². The van der Waals surface area contributed by atoms with E-state index in [0.717, 1.165) is 11.4 Å². The second-order valence-electron chi connectivity index (χ2n) is 8.06. The molecule has 0 bridgehead atoms. The quantitative estimate of drug-likeness (QED) is 0.515. The summed E-state index contributed by atoms with van der Waals surface area (Å²) in [5, 5.41) is 12.2. The van der Waals surface area contributed by atoms with Crippen LogP contribution in [-0.4, -0.2) is 61.4 Å². The first-order valence-corrected chi connectivity index (χ1v) is 12.5. The van der Waals surface area contributed by atoms with E-state index in [-0.39, 0.29) is 16.6 Å². The van der Waals surface area contributed by atoms with E-state index < -0.39 is 16.1 Å². The van der Waals surface area contributed by atoms with Crippen LogP contribution < -0.4 is 14.9 Å². The molecule has 2 N–H and O–H groups in total. The summed E-state index contributed by atoms with van der Waals surface area (Å²) in [7, 11) is -3.76. The highest BCUT2D eigenvalue weighted by molar-refractivity contribution is 7.92. The van der Waals surface area contributed by atoms with Crippen LogP contribution in [0.15, 0.2) is 72.0 Å². The van der Waals surface area contributed by atoms with Gasteiger partial charge in [0.25, 0.3) is 10.0 Å². The minimum Gasteiger partial charge on any atom is -0.374 e. The van der Waals surface area contributed by atoms with Crippen LogP contribution in [0.5, 0.6) is 0 Å². The van der Waals surface area contributed by atoms with E-state index in [4.69, 9.17) is 5.26 Å². The third kappa shape index (κ3) is 5.85. The van der Waals surface area contributed by atoms with Crippen molar-refractivity contribution in [3.05, 3.63) is 72.7 Å². The zero-order valence-corrected chi connectivity index (χ0v) is 19.9. The average Bonchev–Trinajstić information content (AvgIpc) is 2.89. The summed E-state index contributed by atoms with van der Waals surface area (Å²) in [5.74, 6) is 0.190. The van der Waals surface area contributed by atoms with E-state index in [1.807, 2.05) is 17.9 Å². The van der Waals surface area contributed by atoms with E-state index in [0.29, 0.717) is 31.7 Å². The van der Waals surface area contributed by atoms with Crippen molar-refractivity contribution in [1.82, 2.24) is 14.9 Å². The number of nitrogens with zero attached hydrogens (tertiary/aromatic N) is 5. The van der Waals surface area contributed by atoms with Crippen molar-refractivity contribution in [1.29, 1.82) is 5.26 Å². The molecule has 180 valence electrons. The van der Waals surface area contributed by atoms with Crippen LogP contribution in [0, 0.1) is 11.3 Å². The summed E-state index contributed by atoms with van der Waals surface area (Å²) in [6, 6.07) is 16.8. The predicted molar refractivity (Wildman–Crippen MR) is 132 cm³/mol. The Morgan fingerprint density at radius 1 is 1.09 bits per heavy atom. The van der Waals surface area contributed by atoms with E-state index in [1.165, 1.54) is 18.6 Å². The Hall–Kier alpha value is -4.17. The molecule has 4 rings (SSSR count). The number of carbonyl (C=O) groups excluding carboxylic acids is 1. The first-order chi connectivity index (χ1) is 16.9. The molecule has 11 heteroatoms. The lowest BCUT2D eigenvalue weighted by atomic mass is 10.2. The summed E-state index contributed by atoms with van der Waals surface area (Å²) in [4.78, 5) is 24.6. The zero-order valence-electron chi connectivity index (χ0n) is 19.1. The SMILES string of the molecule is CC(Nc1cccc(C#N)c1)C(=O)N1CCN(c2ccc(S(=O)(=O)Nc3ccncn3)cc2)CC1. The van der Waals surface area contributed by atoms with Crippen molar-refractivity contribution < 1.29 is 13.2 Å². The summed E-state index contributed by atoms with van der Waals surface area (Å²) in [6.45, 7) is 4.18. The van der Waals surface area contributed by atoms with Crippen LogP contribution in [0.25, 0.3) is 0 Å². The summed E-state index contributed by atoms with van der Waals surface area (Å²) in [6.07, 6.45) is 2.73. The molecule has 0 saturated carbocycles. The maximum atomic E-state index is 12.9. The molecule has 0 spiro atoms. The highest BCUT2D eigenvalue weighted by Crippen LogP contribution is 2.21. The lowest BCUT2D eigenvalue weighted by molar-refractivity contribution is -0.131. The fourth-order valence-electron chi connectivity index (χ4n) is 3.83. The smallest absolute Gasteiger partial charge is 0.263 e. The lowest BCUT2D eigenvalue weighted by Gasteiger charge is -2.37. The number of aromatic nitrogens is 2. The first-order valence-electron chi connectivity index (χ1n) is 11.0. The molecule has 1 aromatic heterocycles. The molecule has 1 aliphatic heterocycles. The number of hydrogen-bond acceptors (Lipinski definition) is 8. The number of rotatable bonds is 7. The zero-order chi connectivity index (χ0) is 24.8. The van der Waals surface area contributed by atoms with Crippen molar-refractivity contribution in [3.63, 3.8) is 0 Å². The van der Waals surface area contributed by atoms with Gasteiger partial charge in [-0.05, 0) is 55.5 Å². The Morgan fingerprint density at radius 3 is 2.49 bits per heavy atom. The molecule has 2 heterocycles. The Balaban J connectivity index is 1.32. The summed E-state index contributed by atoms with van der Waals surface area (Å²) >= 11 is 0. The molecule has 1 fully saturated rings. The van der Waals surface area contributed by atoms with Gasteiger partial charge in [0.15, 0.2) is 0 Å². The van der Waals surface area contributed by atoms with Gasteiger partial charge in [0.2, 0.25) is 5.91 Å². The standard InChI is InChI=1S/C24H25N7O3S/c1-18(28-20-4-2-3-19(15-20)16-25)24(32)31-13-11-30(12-14-31)21-5-7-22(8-6-21)35(33,34)29-23-9-10-26-17-27-23/h2-10,15,17-18,28H,11-14H2,1H3,(H,26,27,29). The van der Waals surface area contributed by atoms with Crippen LogP contribution in [-0.2, 0) is 14.8 Å². The number of carbonyl (C=O) groups is 1. The topological polar surface area (TPSA) is 131 Å². The third-order valence-electron chi connectivity index (χ3n) is 5.67. The largest absolute Gasteiger partial charge is 0.374 e. The van der Waals surface area contributed by atoms with Gasteiger partial charge in [-0.25, -0.2) is 18.4 Å². The Bertz CT molecular complexity index is 1320. The number of benzene rings is 2. The number of hydrogen-bond donors (Lipinski definition) is 2. The van der Waals surface area contributed by atoms with Crippen molar-refractivity contribution in [3.8, 4) is 6.07 Å². The molecular formula is C24H25N7O3S. The van der Waals surface area contributed by atoms with Crippen molar-refractivity contribution in [2.45, 2.75) is 17.9 Å². The fraction of sp³-hybridized carbons (Fsp3) is 0.250. The van der Waals surface area contributed by atoms with E-state index >= 15 is 0 Å². The van der Waals surface area contributed by atoms with Crippen molar-refractivity contribution in [2.24, 2.45) is 0 Å². The fourth-order valence-corrected chi connectivity index (χ4v) is 4.84. The Kier molecular flexibility index (Phi) is 7.12. The number of piperazine rings is 1. The van der Waals surface area contributed by atoms with Crippen LogP contribution in [0.3, 0.4) is 0 Å². The normalized spacial score (nSPS) is 14.6. The minimum atomic E-state index is -3.76.